The van der Waals surface area contributed by atoms with Gasteiger partial charge in [0.05, 0.1) is 5.56 Å². The van der Waals surface area contributed by atoms with Crippen molar-refractivity contribution in [3.05, 3.63) is 29.8 Å². The minimum absolute atomic E-state index is 0.459. The third kappa shape index (κ3) is 9.14. The van der Waals surface area contributed by atoms with E-state index in [0.717, 1.165) is 18.7 Å². The molecule has 0 atom stereocenters. The van der Waals surface area contributed by atoms with Crippen LogP contribution in [0.4, 0.5) is 5.69 Å². The fraction of sp³-hybridized carbons (Fsp3) is 0.619. The lowest BCUT2D eigenvalue weighted by atomic mass is 10.1. The van der Waals surface area contributed by atoms with Crippen LogP contribution in [-0.2, 0) is 4.74 Å². The Morgan fingerprint density at radius 1 is 1.04 bits per heavy atom. The summed E-state index contributed by atoms with van der Waals surface area (Å²) in [5.41, 5.74) is 0.352. The molecule has 138 valence electrons. The predicted molar refractivity (Wildman–Crippen MR) is 103 cm³/mol. The molecule has 4 nitrogen and oxygen atoms in total. The standard InChI is InChI=1S/C21H32N2O2/c1-4-5-6-7-8-9-10-11-16-23-19-14-12-18(13-15-19)20(24)25-21(2,3)17-22/h12-15,23H,4-11,16H2,1-3H3. The highest BCUT2D eigenvalue weighted by molar-refractivity contribution is 5.90. The lowest BCUT2D eigenvalue weighted by Crippen LogP contribution is -2.25. The molecule has 1 aromatic rings. The Hall–Kier alpha value is -2.02. The number of carbonyl (C=O) groups is 1. The Bertz CT molecular complexity index is 544. The van der Waals surface area contributed by atoms with Crippen molar-refractivity contribution in [2.45, 2.75) is 77.7 Å². The first-order valence-electron chi connectivity index (χ1n) is 9.47. The van der Waals surface area contributed by atoms with Crippen molar-refractivity contribution in [2.24, 2.45) is 0 Å². The van der Waals surface area contributed by atoms with E-state index in [0.29, 0.717) is 5.56 Å². The average molecular weight is 344 g/mol. The van der Waals surface area contributed by atoms with Crippen LogP contribution in [0.5, 0.6) is 0 Å². The molecule has 0 aliphatic heterocycles. The fourth-order valence-electron chi connectivity index (χ4n) is 2.53. The summed E-state index contributed by atoms with van der Waals surface area (Å²) >= 11 is 0. The largest absolute Gasteiger partial charge is 0.441 e. The van der Waals surface area contributed by atoms with E-state index in [-0.39, 0.29) is 0 Å². The van der Waals surface area contributed by atoms with Gasteiger partial charge in [0.25, 0.3) is 0 Å². The summed E-state index contributed by atoms with van der Waals surface area (Å²) in [6, 6.07) is 9.16. The molecule has 1 rings (SSSR count). The van der Waals surface area contributed by atoms with Gasteiger partial charge in [0.2, 0.25) is 0 Å². The van der Waals surface area contributed by atoms with Gasteiger partial charge in [-0.25, -0.2) is 4.79 Å². The number of carbonyl (C=O) groups excluding carboxylic acids is 1. The van der Waals surface area contributed by atoms with Crippen LogP contribution in [0.2, 0.25) is 0 Å². The first-order valence-corrected chi connectivity index (χ1v) is 9.47. The molecule has 0 radical (unpaired) electrons. The first kappa shape index (κ1) is 21.0. The van der Waals surface area contributed by atoms with E-state index in [4.69, 9.17) is 10.00 Å². The molecule has 0 spiro atoms. The molecule has 0 aliphatic carbocycles. The third-order valence-electron chi connectivity index (χ3n) is 4.10. The number of hydrogen-bond acceptors (Lipinski definition) is 4. The first-order chi connectivity index (χ1) is 12.0. The van der Waals surface area contributed by atoms with Gasteiger partial charge in [-0.1, -0.05) is 51.9 Å². The maximum absolute atomic E-state index is 12.0. The lowest BCUT2D eigenvalue weighted by molar-refractivity contribution is 0.0198. The van der Waals surface area contributed by atoms with Gasteiger partial charge in [-0.2, -0.15) is 5.26 Å². The molecule has 0 aromatic heterocycles. The van der Waals surface area contributed by atoms with Gasteiger partial charge < -0.3 is 10.1 Å². The minimum Gasteiger partial charge on any atom is -0.441 e. The zero-order chi connectivity index (χ0) is 18.5. The van der Waals surface area contributed by atoms with E-state index >= 15 is 0 Å². The molecule has 0 unspecified atom stereocenters. The summed E-state index contributed by atoms with van der Waals surface area (Å²) in [7, 11) is 0. The Kier molecular flexibility index (Phi) is 9.69. The highest BCUT2D eigenvalue weighted by atomic mass is 16.6. The van der Waals surface area contributed by atoms with Crippen molar-refractivity contribution in [3.8, 4) is 6.07 Å². The summed E-state index contributed by atoms with van der Waals surface area (Å²) in [6.45, 7) is 6.34. The van der Waals surface area contributed by atoms with Crippen molar-refractivity contribution in [1.29, 1.82) is 5.26 Å². The molecule has 0 amide bonds. The third-order valence-corrected chi connectivity index (χ3v) is 4.10. The second kappa shape index (κ2) is 11.5. The van der Waals surface area contributed by atoms with Crippen molar-refractivity contribution >= 4 is 11.7 Å². The van der Waals surface area contributed by atoms with Crippen LogP contribution in [0.3, 0.4) is 0 Å². The van der Waals surface area contributed by atoms with Gasteiger partial charge in [-0.3, -0.25) is 0 Å². The van der Waals surface area contributed by atoms with Crippen LogP contribution in [0.1, 0.15) is 82.5 Å². The topological polar surface area (TPSA) is 62.1 Å². The molecule has 0 saturated carbocycles. The number of unbranched alkanes of at least 4 members (excludes halogenated alkanes) is 7. The zero-order valence-electron chi connectivity index (χ0n) is 15.9. The van der Waals surface area contributed by atoms with Crippen molar-refractivity contribution in [3.63, 3.8) is 0 Å². The van der Waals surface area contributed by atoms with Crippen LogP contribution >= 0.6 is 0 Å². The maximum Gasteiger partial charge on any atom is 0.339 e. The molecule has 0 heterocycles. The molecular formula is C21H32N2O2. The molecule has 0 bridgehead atoms. The van der Waals surface area contributed by atoms with Crippen LogP contribution in [0, 0.1) is 11.3 Å². The highest BCUT2D eigenvalue weighted by Gasteiger charge is 2.22. The minimum atomic E-state index is -1.11. The highest BCUT2D eigenvalue weighted by Crippen LogP contribution is 2.15. The van der Waals surface area contributed by atoms with E-state index in [1.165, 1.54) is 44.9 Å². The fourth-order valence-corrected chi connectivity index (χ4v) is 2.53. The number of rotatable bonds is 12. The Morgan fingerprint density at radius 3 is 2.16 bits per heavy atom. The number of anilines is 1. The Morgan fingerprint density at radius 2 is 1.60 bits per heavy atom. The van der Waals surface area contributed by atoms with Crippen molar-refractivity contribution in [2.75, 3.05) is 11.9 Å². The van der Waals surface area contributed by atoms with Gasteiger partial charge in [-0.05, 0) is 44.5 Å². The number of benzene rings is 1. The molecule has 1 N–H and O–H groups in total. The van der Waals surface area contributed by atoms with E-state index in [1.807, 2.05) is 18.2 Å². The summed E-state index contributed by atoms with van der Waals surface area (Å²) in [4.78, 5) is 12.0. The molecule has 1 aromatic carbocycles. The van der Waals surface area contributed by atoms with Gasteiger partial charge >= 0.3 is 5.97 Å². The molecule has 25 heavy (non-hydrogen) atoms. The zero-order valence-corrected chi connectivity index (χ0v) is 15.9. The maximum atomic E-state index is 12.0. The molecule has 0 saturated heterocycles. The van der Waals surface area contributed by atoms with Gasteiger partial charge in [0.1, 0.15) is 6.07 Å². The van der Waals surface area contributed by atoms with Gasteiger partial charge in [0, 0.05) is 12.2 Å². The van der Waals surface area contributed by atoms with Crippen LogP contribution in [0.15, 0.2) is 24.3 Å². The summed E-state index contributed by atoms with van der Waals surface area (Å²) in [5.74, 6) is -0.471. The second-order valence-corrected chi connectivity index (χ2v) is 6.99. The Labute approximate surface area is 152 Å². The van der Waals surface area contributed by atoms with E-state index in [1.54, 1.807) is 26.0 Å². The molecule has 4 heteroatoms. The van der Waals surface area contributed by atoms with Crippen LogP contribution in [0.25, 0.3) is 0 Å². The van der Waals surface area contributed by atoms with E-state index < -0.39 is 11.6 Å². The normalized spacial score (nSPS) is 11.0. The van der Waals surface area contributed by atoms with Crippen LogP contribution < -0.4 is 5.32 Å². The van der Waals surface area contributed by atoms with Gasteiger partial charge in [0.15, 0.2) is 5.60 Å². The number of nitrogens with one attached hydrogen (secondary N) is 1. The lowest BCUT2D eigenvalue weighted by Gasteiger charge is -2.16. The molecule has 0 aliphatic rings. The average Bonchev–Trinajstić information content (AvgIpc) is 2.60. The van der Waals surface area contributed by atoms with Crippen molar-refractivity contribution < 1.29 is 9.53 Å². The van der Waals surface area contributed by atoms with Gasteiger partial charge in [-0.15, -0.1) is 0 Å². The SMILES string of the molecule is CCCCCCCCCCNc1ccc(C(=O)OC(C)(C)C#N)cc1. The van der Waals surface area contributed by atoms with E-state index in [9.17, 15) is 4.79 Å². The number of nitriles is 1. The Balaban J connectivity index is 2.22. The quantitative estimate of drug-likeness (QED) is 0.390. The number of ether oxygens (including phenoxy) is 1. The molecule has 0 fully saturated rings. The smallest absolute Gasteiger partial charge is 0.339 e. The summed E-state index contributed by atoms with van der Waals surface area (Å²) in [6.07, 6.45) is 10.5. The summed E-state index contributed by atoms with van der Waals surface area (Å²) in [5, 5.41) is 12.3. The summed E-state index contributed by atoms with van der Waals surface area (Å²) < 4.78 is 5.15. The monoisotopic (exact) mass is 344 g/mol. The van der Waals surface area contributed by atoms with E-state index in [2.05, 4.69) is 12.2 Å². The second-order valence-electron chi connectivity index (χ2n) is 6.99. The number of esters is 1. The molecular weight excluding hydrogens is 312 g/mol. The predicted octanol–water partition coefficient (Wildman–Crippen LogP) is 5.70. The van der Waals surface area contributed by atoms with Crippen LogP contribution in [-0.4, -0.2) is 18.1 Å². The number of nitrogens with zero attached hydrogens (tertiary/aromatic N) is 1. The number of hydrogen-bond donors (Lipinski definition) is 1. The van der Waals surface area contributed by atoms with Crippen molar-refractivity contribution in [1.82, 2.24) is 0 Å².